The molecular formula is C35H31N3O3S3. The maximum absolute atomic E-state index is 14.0. The summed E-state index contributed by atoms with van der Waals surface area (Å²) in [7, 11) is 0. The third kappa shape index (κ3) is 7.93. The molecule has 4 aromatic carbocycles. The van der Waals surface area contributed by atoms with Crippen molar-refractivity contribution in [2.45, 2.75) is 24.0 Å². The minimum Gasteiger partial charge on any atom is -0.462 e. The number of carbonyl (C=O) groups excluding carboxylic acids is 2. The molecule has 1 heterocycles. The summed E-state index contributed by atoms with van der Waals surface area (Å²) >= 11 is 8.24. The van der Waals surface area contributed by atoms with Crippen molar-refractivity contribution in [1.82, 2.24) is 0 Å². The van der Waals surface area contributed by atoms with Crippen LogP contribution in [0.25, 0.3) is 11.1 Å². The van der Waals surface area contributed by atoms with Gasteiger partial charge >= 0.3 is 5.97 Å². The molecule has 0 saturated heterocycles. The molecule has 9 heteroatoms. The van der Waals surface area contributed by atoms with Crippen LogP contribution in [0, 0.1) is 6.92 Å². The van der Waals surface area contributed by atoms with E-state index in [1.807, 2.05) is 121 Å². The third-order valence-corrected chi connectivity index (χ3v) is 8.94. The van der Waals surface area contributed by atoms with Crippen molar-refractivity contribution in [2.24, 2.45) is 0 Å². The first-order chi connectivity index (χ1) is 21.4. The highest BCUT2D eigenvalue weighted by Gasteiger charge is 2.27. The molecule has 0 spiro atoms. The number of para-hydroxylation sites is 1. The van der Waals surface area contributed by atoms with Crippen molar-refractivity contribution in [3.05, 3.63) is 131 Å². The summed E-state index contributed by atoms with van der Waals surface area (Å²) in [5.41, 5.74) is 5.60. The third-order valence-electron chi connectivity index (χ3n) is 6.59. The van der Waals surface area contributed by atoms with Crippen LogP contribution in [0.15, 0.2) is 119 Å². The Morgan fingerprint density at radius 2 is 1.50 bits per heavy atom. The summed E-state index contributed by atoms with van der Waals surface area (Å²) in [5, 5.41) is 11.7. The number of thioether (sulfide) groups is 1. The molecule has 0 fully saturated rings. The average Bonchev–Trinajstić information content (AvgIpc) is 3.44. The zero-order chi connectivity index (χ0) is 30.9. The quantitative estimate of drug-likeness (QED) is 0.0801. The van der Waals surface area contributed by atoms with Crippen LogP contribution in [0.5, 0.6) is 0 Å². The van der Waals surface area contributed by atoms with Crippen LogP contribution in [0.1, 0.15) is 33.7 Å². The van der Waals surface area contributed by atoms with E-state index in [1.165, 1.54) is 23.1 Å². The zero-order valence-electron chi connectivity index (χ0n) is 24.2. The van der Waals surface area contributed by atoms with Crippen LogP contribution in [0.2, 0.25) is 0 Å². The number of ether oxygens (including phenoxy) is 1. The molecule has 44 heavy (non-hydrogen) atoms. The fourth-order valence-electron chi connectivity index (χ4n) is 4.48. The van der Waals surface area contributed by atoms with Gasteiger partial charge in [0.15, 0.2) is 5.11 Å². The van der Waals surface area contributed by atoms with Crippen LogP contribution in [-0.2, 0) is 9.53 Å². The fraction of sp³-hybridized carbons (Fsp3) is 0.114. The number of carbonyl (C=O) groups is 2. The number of anilines is 3. The van der Waals surface area contributed by atoms with Gasteiger partial charge in [-0.15, -0.1) is 23.1 Å². The van der Waals surface area contributed by atoms with E-state index in [2.05, 4.69) is 16.0 Å². The smallest absolute Gasteiger partial charge is 0.341 e. The van der Waals surface area contributed by atoms with Crippen molar-refractivity contribution in [2.75, 3.05) is 22.6 Å². The second kappa shape index (κ2) is 14.8. The molecule has 1 aromatic heterocycles. The summed E-state index contributed by atoms with van der Waals surface area (Å²) in [6, 6.07) is 35.0. The Bertz CT molecular complexity index is 1740. The van der Waals surface area contributed by atoms with E-state index in [-0.39, 0.29) is 12.5 Å². The monoisotopic (exact) mass is 637 g/mol. The van der Waals surface area contributed by atoms with Gasteiger partial charge in [0.2, 0.25) is 5.91 Å². The van der Waals surface area contributed by atoms with Gasteiger partial charge in [0.1, 0.15) is 15.8 Å². The van der Waals surface area contributed by atoms with Gasteiger partial charge in [-0.05, 0) is 67.5 Å². The lowest BCUT2D eigenvalue weighted by Gasteiger charge is -2.18. The number of thiocarbonyl (C=S) groups is 1. The lowest BCUT2D eigenvalue weighted by molar-refractivity contribution is -0.115. The molecule has 0 aliphatic rings. The lowest BCUT2D eigenvalue weighted by Crippen LogP contribution is -2.20. The molecule has 0 bridgehead atoms. The number of esters is 1. The SMILES string of the molecule is CCOC(=O)c1c(-c2ccc(C)cc2)csc1NC(=O)C(Sc1cccc(NC(=S)Nc2ccccc2)c1)c1ccccc1. The second-order valence-electron chi connectivity index (χ2n) is 9.81. The predicted octanol–water partition coefficient (Wildman–Crippen LogP) is 9.18. The number of aryl methyl sites for hydroxylation is 1. The summed E-state index contributed by atoms with van der Waals surface area (Å²) in [5.74, 6) is -0.717. The minimum absolute atomic E-state index is 0.229. The molecule has 6 nitrogen and oxygen atoms in total. The lowest BCUT2D eigenvalue weighted by atomic mass is 10.0. The van der Waals surface area contributed by atoms with Gasteiger partial charge in [-0.1, -0.05) is 84.4 Å². The Labute approximate surface area is 270 Å². The highest BCUT2D eigenvalue weighted by Crippen LogP contribution is 2.40. The first-order valence-corrected chi connectivity index (χ1v) is 16.2. The highest BCUT2D eigenvalue weighted by atomic mass is 32.2. The number of rotatable bonds is 10. The summed E-state index contributed by atoms with van der Waals surface area (Å²) in [4.78, 5) is 28.0. The molecule has 1 amide bonds. The van der Waals surface area contributed by atoms with Crippen molar-refractivity contribution in [3.8, 4) is 11.1 Å². The number of hydrogen-bond acceptors (Lipinski definition) is 6. The number of thiophene rings is 1. The first-order valence-electron chi connectivity index (χ1n) is 14.0. The topological polar surface area (TPSA) is 79.5 Å². The molecule has 1 atom stereocenters. The number of amides is 1. The Kier molecular flexibility index (Phi) is 10.5. The van der Waals surface area contributed by atoms with Crippen LogP contribution in [0.3, 0.4) is 0 Å². The van der Waals surface area contributed by atoms with Gasteiger partial charge in [-0.2, -0.15) is 0 Å². The summed E-state index contributed by atoms with van der Waals surface area (Å²) in [6.07, 6.45) is 0. The molecule has 0 aliphatic heterocycles. The van der Waals surface area contributed by atoms with Crippen LogP contribution in [0.4, 0.5) is 16.4 Å². The van der Waals surface area contributed by atoms with Crippen LogP contribution >= 0.6 is 35.3 Å². The number of hydrogen-bond donors (Lipinski definition) is 3. The molecule has 5 aromatic rings. The molecule has 0 radical (unpaired) electrons. The molecule has 3 N–H and O–H groups in total. The maximum Gasteiger partial charge on any atom is 0.341 e. The summed E-state index contributed by atoms with van der Waals surface area (Å²) < 4.78 is 5.41. The largest absolute Gasteiger partial charge is 0.462 e. The van der Waals surface area contributed by atoms with Gasteiger partial charge in [0, 0.05) is 27.2 Å². The number of nitrogens with one attached hydrogen (secondary N) is 3. The van der Waals surface area contributed by atoms with Crippen molar-refractivity contribution in [1.29, 1.82) is 0 Å². The van der Waals surface area contributed by atoms with Gasteiger partial charge < -0.3 is 20.7 Å². The van der Waals surface area contributed by atoms with Crippen molar-refractivity contribution in [3.63, 3.8) is 0 Å². The van der Waals surface area contributed by atoms with Gasteiger partial charge in [0.05, 0.1) is 6.61 Å². The maximum atomic E-state index is 14.0. The Balaban J connectivity index is 1.39. The van der Waals surface area contributed by atoms with Crippen LogP contribution in [-0.4, -0.2) is 23.6 Å². The Morgan fingerprint density at radius 1 is 0.841 bits per heavy atom. The van der Waals surface area contributed by atoms with E-state index in [9.17, 15) is 9.59 Å². The minimum atomic E-state index is -0.596. The molecule has 1 unspecified atom stereocenters. The van der Waals surface area contributed by atoms with Crippen molar-refractivity contribution >= 4 is 68.7 Å². The first kappa shape index (κ1) is 31.0. The average molecular weight is 638 g/mol. The van der Waals surface area contributed by atoms with E-state index >= 15 is 0 Å². The van der Waals surface area contributed by atoms with Gasteiger partial charge in [-0.25, -0.2) is 4.79 Å². The van der Waals surface area contributed by atoms with E-state index < -0.39 is 11.2 Å². The van der Waals surface area contributed by atoms with E-state index in [0.29, 0.717) is 15.7 Å². The Hall–Kier alpha value is -4.44. The van der Waals surface area contributed by atoms with Gasteiger partial charge in [-0.3, -0.25) is 4.79 Å². The fourth-order valence-corrected chi connectivity index (χ4v) is 6.76. The predicted molar refractivity (Wildman–Crippen MR) is 187 cm³/mol. The normalized spacial score (nSPS) is 11.3. The number of benzene rings is 4. The van der Waals surface area contributed by atoms with Crippen molar-refractivity contribution < 1.29 is 14.3 Å². The Morgan fingerprint density at radius 3 is 2.20 bits per heavy atom. The zero-order valence-corrected chi connectivity index (χ0v) is 26.7. The second-order valence-corrected chi connectivity index (χ2v) is 12.3. The molecule has 0 saturated carbocycles. The molecular weight excluding hydrogens is 607 g/mol. The molecule has 0 aliphatic carbocycles. The van der Waals surface area contributed by atoms with E-state index in [0.717, 1.165) is 38.5 Å². The molecule has 222 valence electrons. The van der Waals surface area contributed by atoms with Gasteiger partial charge in [0.25, 0.3) is 0 Å². The summed E-state index contributed by atoms with van der Waals surface area (Å²) in [6.45, 7) is 4.01. The van der Waals surface area contributed by atoms with Crippen LogP contribution < -0.4 is 16.0 Å². The highest BCUT2D eigenvalue weighted by molar-refractivity contribution is 8.00. The standard InChI is InChI=1S/C35H31N3O3S3/c1-3-41-34(40)30-29(24-19-17-23(2)18-20-24)22-43-33(30)38-32(39)31(25-11-6-4-7-12-25)44-28-16-10-15-27(21-28)37-35(42)36-26-13-8-5-9-14-26/h4-22,31H,3H2,1-2H3,(H,38,39)(H2,36,37,42). The molecule has 5 rings (SSSR count). The van der Waals surface area contributed by atoms with E-state index in [4.69, 9.17) is 17.0 Å². The van der Waals surface area contributed by atoms with E-state index in [1.54, 1.807) is 6.92 Å².